The molecule has 1 N–H and O–H groups in total. The number of hydrogen-bond donors (Lipinski definition) is 1. The Labute approximate surface area is 169 Å². The molecule has 1 saturated heterocycles. The van der Waals surface area contributed by atoms with Crippen molar-refractivity contribution in [3.63, 3.8) is 0 Å². The van der Waals surface area contributed by atoms with Gasteiger partial charge in [0.1, 0.15) is 16.7 Å². The number of nitriles is 1. The third-order valence-electron chi connectivity index (χ3n) is 4.66. The van der Waals surface area contributed by atoms with E-state index < -0.39 is 5.91 Å². The monoisotopic (exact) mass is 391 g/mol. The van der Waals surface area contributed by atoms with E-state index in [0.29, 0.717) is 17.3 Å². The molecule has 2 amide bonds. The highest BCUT2D eigenvalue weighted by molar-refractivity contribution is 8.05. The molecule has 0 aliphatic carbocycles. The van der Waals surface area contributed by atoms with Gasteiger partial charge >= 0.3 is 0 Å². The highest BCUT2D eigenvalue weighted by atomic mass is 32.2. The smallest absolute Gasteiger partial charge is 0.264 e. The van der Waals surface area contributed by atoms with Crippen LogP contribution < -0.4 is 10.2 Å². The second-order valence-corrected chi connectivity index (χ2v) is 7.99. The number of thioether (sulfide) groups is 1. The van der Waals surface area contributed by atoms with Crippen LogP contribution in [0.4, 0.5) is 5.69 Å². The minimum Gasteiger partial charge on any atom is -0.347 e. The number of aryl methyl sites for hydroxylation is 2. The van der Waals surface area contributed by atoms with Gasteiger partial charge in [-0.05, 0) is 49.6 Å². The van der Waals surface area contributed by atoms with Gasteiger partial charge in [-0.2, -0.15) is 5.26 Å². The lowest BCUT2D eigenvalue weighted by Gasteiger charge is -2.19. The first-order valence-electron chi connectivity index (χ1n) is 8.96. The molecule has 1 fully saturated rings. The van der Waals surface area contributed by atoms with Crippen molar-refractivity contribution in [2.75, 3.05) is 4.90 Å². The number of anilines is 1. The first kappa shape index (κ1) is 19.7. The summed E-state index contributed by atoms with van der Waals surface area (Å²) in [6, 6.07) is 17.2. The molecule has 1 aliphatic rings. The number of carbonyl (C=O) groups is 2. The molecule has 0 radical (unpaired) electrons. The number of nitrogens with zero attached hydrogens (tertiary/aromatic N) is 2. The number of carbonyl (C=O) groups excluding carboxylic acids is 2. The van der Waals surface area contributed by atoms with Gasteiger partial charge in [-0.3, -0.25) is 14.5 Å². The van der Waals surface area contributed by atoms with Crippen LogP contribution in [0.2, 0.25) is 0 Å². The third kappa shape index (κ3) is 3.95. The lowest BCUT2D eigenvalue weighted by molar-refractivity contribution is -0.117. The maximum absolute atomic E-state index is 12.8. The van der Waals surface area contributed by atoms with Crippen molar-refractivity contribution in [2.24, 2.45) is 0 Å². The summed E-state index contributed by atoms with van der Waals surface area (Å²) < 4.78 is 0. The van der Waals surface area contributed by atoms with Crippen molar-refractivity contribution in [1.29, 1.82) is 5.26 Å². The van der Waals surface area contributed by atoms with Gasteiger partial charge in [-0.15, -0.1) is 0 Å². The fourth-order valence-corrected chi connectivity index (χ4v) is 3.99. The maximum Gasteiger partial charge on any atom is 0.264 e. The normalized spacial score (nSPS) is 18.0. The SMILES string of the molecule is Cc1ccc(N2C(=O)C(C)S/C2=C(/C#N)C(=O)NCc2ccccc2)cc1C. The van der Waals surface area contributed by atoms with Crippen LogP contribution in [-0.2, 0) is 16.1 Å². The Morgan fingerprint density at radius 2 is 1.89 bits per heavy atom. The molecule has 0 saturated carbocycles. The topological polar surface area (TPSA) is 73.2 Å². The molecule has 2 aromatic rings. The van der Waals surface area contributed by atoms with Gasteiger partial charge in [0, 0.05) is 12.2 Å². The fraction of sp³-hybridized carbons (Fsp3) is 0.227. The zero-order valence-electron chi connectivity index (χ0n) is 16.0. The quantitative estimate of drug-likeness (QED) is 0.635. The number of rotatable bonds is 4. The zero-order valence-corrected chi connectivity index (χ0v) is 16.8. The summed E-state index contributed by atoms with van der Waals surface area (Å²) in [5.74, 6) is -0.614. The van der Waals surface area contributed by atoms with E-state index in [1.165, 1.54) is 16.7 Å². The predicted molar refractivity (Wildman–Crippen MR) is 111 cm³/mol. The van der Waals surface area contributed by atoms with E-state index in [4.69, 9.17) is 0 Å². The van der Waals surface area contributed by atoms with Crippen molar-refractivity contribution in [3.8, 4) is 6.07 Å². The van der Waals surface area contributed by atoms with Crippen LogP contribution in [0.1, 0.15) is 23.6 Å². The van der Waals surface area contributed by atoms with E-state index in [2.05, 4.69) is 5.32 Å². The molecule has 0 spiro atoms. The average molecular weight is 391 g/mol. The lowest BCUT2D eigenvalue weighted by atomic mass is 10.1. The highest BCUT2D eigenvalue weighted by Crippen LogP contribution is 2.40. The summed E-state index contributed by atoms with van der Waals surface area (Å²) in [5, 5.41) is 12.5. The predicted octanol–water partition coefficient (Wildman–Crippen LogP) is 3.82. The molecule has 142 valence electrons. The van der Waals surface area contributed by atoms with Gasteiger partial charge in [0.2, 0.25) is 5.91 Å². The molecule has 3 rings (SSSR count). The minimum absolute atomic E-state index is 0.0446. The molecule has 1 aliphatic heterocycles. The second kappa shape index (κ2) is 8.32. The van der Waals surface area contributed by atoms with Crippen molar-refractivity contribution in [3.05, 3.63) is 75.8 Å². The number of benzene rings is 2. The Morgan fingerprint density at radius 3 is 2.54 bits per heavy atom. The van der Waals surface area contributed by atoms with Gasteiger partial charge in [0.15, 0.2) is 0 Å². The molecule has 1 atom stereocenters. The van der Waals surface area contributed by atoms with Crippen LogP contribution >= 0.6 is 11.8 Å². The summed E-state index contributed by atoms with van der Waals surface area (Å²) >= 11 is 1.24. The van der Waals surface area contributed by atoms with E-state index in [1.807, 2.05) is 68.4 Å². The van der Waals surface area contributed by atoms with Gasteiger partial charge in [-0.1, -0.05) is 48.2 Å². The Balaban J connectivity index is 1.94. The van der Waals surface area contributed by atoms with Crippen molar-refractivity contribution in [1.82, 2.24) is 5.32 Å². The summed E-state index contributed by atoms with van der Waals surface area (Å²) in [7, 11) is 0. The molecule has 6 heteroatoms. The van der Waals surface area contributed by atoms with Crippen LogP contribution in [-0.4, -0.2) is 17.1 Å². The van der Waals surface area contributed by atoms with Crippen LogP contribution in [0.15, 0.2) is 59.1 Å². The Bertz CT molecular complexity index is 993. The van der Waals surface area contributed by atoms with Gasteiger partial charge in [0.25, 0.3) is 5.91 Å². The molecule has 0 bridgehead atoms. The molecular weight excluding hydrogens is 370 g/mol. The van der Waals surface area contributed by atoms with Gasteiger partial charge < -0.3 is 5.32 Å². The van der Waals surface area contributed by atoms with E-state index in [1.54, 1.807) is 6.92 Å². The number of nitrogens with one attached hydrogen (secondary N) is 1. The van der Waals surface area contributed by atoms with Crippen molar-refractivity contribution in [2.45, 2.75) is 32.6 Å². The molecule has 1 unspecified atom stereocenters. The van der Waals surface area contributed by atoms with Crippen LogP contribution in [0.5, 0.6) is 0 Å². The fourth-order valence-electron chi connectivity index (χ4n) is 2.89. The molecule has 0 aromatic heterocycles. The molecule has 2 aromatic carbocycles. The van der Waals surface area contributed by atoms with Crippen LogP contribution in [0, 0.1) is 25.2 Å². The highest BCUT2D eigenvalue weighted by Gasteiger charge is 2.38. The number of hydrogen-bond acceptors (Lipinski definition) is 4. The van der Waals surface area contributed by atoms with Gasteiger partial charge in [0.05, 0.1) is 5.25 Å². The van der Waals surface area contributed by atoms with E-state index in [9.17, 15) is 14.9 Å². The summed E-state index contributed by atoms with van der Waals surface area (Å²) in [5.41, 5.74) is 3.72. The van der Waals surface area contributed by atoms with Crippen LogP contribution in [0.25, 0.3) is 0 Å². The van der Waals surface area contributed by atoms with Crippen molar-refractivity contribution < 1.29 is 9.59 Å². The summed E-state index contributed by atoms with van der Waals surface area (Å²) in [6.45, 7) is 6.06. The largest absolute Gasteiger partial charge is 0.347 e. The average Bonchev–Trinajstić information content (AvgIpc) is 2.98. The third-order valence-corrected chi connectivity index (χ3v) is 5.82. The lowest BCUT2D eigenvalue weighted by Crippen LogP contribution is -2.31. The standard InChI is InChI=1S/C22H21N3O2S/c1-14-9-10-18(11-15(14)2)25-21(27)16(3)28-22(25)19(12-23)20(26)24-13-17-7-5-4-6-8-17/h4-11,16H,13H2,1-3H3,(H,24,26)/b22-19-. The molecule has 1 heterocycles. The van der Waals surface area contributed by atoms with Gasteiger partial charge in [-0.25, -0.2) is 0 Å². The Morgan fingerprint density at radius 1 is 1.18 bits per heavy atom. The molecule has 28 heavy (non-hydrogen) atoms. The minimum atomic E-state index is -0.482. The second-order valence-electron chi connectivity index (χ2n) is 6.66. The first-order valence-corrected chi connectivity index (χ1v) is 9.84. The summed E-state index contributed by atoms with van der Waals surface area (Å²) in [6.07, 6.45) is 0. The molecule has 5 nitrogen and oxygen atoms in total. The maximum atomic E-state index is 12.8. The molecular formula is C22H21N3O2S. The van der Waals surface area contributed by atoms with E-state index in [-0.39, 0.29) is 16.7 Å². The number of amides is 2. The Kier molecular flexibility index (Phi) is 5.86. The zero-order chi connectivity index (χ0) is 20.3. The van der Waals surface area contributed by atoms with E-state index >= 15 is 0 Å². The summed E-state index contributed by atoms with van der Waals surface area (Å²) in [4.78, 5) is 27.0. The Hall–Kier alpha value is -3.04. The first-order chi connectivity index (χ1) is 13.4. The van der Waals surface area contributed by atoms with Crippen molar-refractivity contribution >= 4 is 29.3 Å². The van der Waals surface area contributed by atoms with E-state index in [0.717, 1.165) is 16.7 Å². The van der Waals surface area contributed by atoms with Crippen LogP contribution in [0.3, 0.4) is 0 Å².